The summed E-state index contributed by atoms with van der Waals surface area (Å²) in [6.07, 6.45) is 0. The Balaban J connectivity index is 1.15. The molecule has 0 aliphatic rings. The Morgan fingerprint density at radius 1 is 0.346 bits per heavy atom. The molecular formula is C50H33NO. The van der Waals surface area contributed by atoms with E-state index in [1.165, 1.54) is 32.7 Å². The number of anilines is 3. The predicted octanol–water partition coefficient (Wildman–Crippen LogP) is 14.4. The maximum atomic E-state index is 6.59. The number of hydrogen-bond donors (Lipinski definition) is 0. The molecule has 0 aliphatic heterocycles. The Morgan fingerprint density at radius 2 is 0.981 bits per heavy atom. The average molecular weight is 664 g/mol. The maximum Gasteiger partial charge on any atom is 0.143 e. The highest BCUT2D eigenvalue weighted by Gasteiger charge is 2.20. The molecule has 2 nitrogen and oxygen atoms in total. The van der Waals surface area contributed by atoms with Crippen molar-refractivity contribution in [1.82, 2.24) is 0 Å². The Labute approximate surface area is 302 Å². The number of fused-ring (bicyclic) bond motifs is 6. The lowest BCUT2D eigenvalue weighted by Crippen LogP contribution is -2.10. The summed E-state index contributed by atoms with van der Waals surface area (Å²) >= 11 is 0. The fourth-order valence-corrected chi connectivity index (χ4v) is 7.81. The van der Waals surface area contributed by atoms with Gasteiger partial charge >= 0.3 is 0 Å². The highest BCUT2D eigenvalue weighted by molar-refractivity contribution is 6.16. The van der Waals surface area contributed by atoms with E-state index in [0.29, 0.717) is 0 Å². The van der Waals surface area contributed by atoms with Crippen LogP contribution in [0.25, 0.3) is 76.9 Å². The second kappa shape index (κ2) is 12.5. The molecule has 1 aromatic heterocycles. The van der Waals surface area contributed by atoms with Gasteiger partial charge in [-0.1, -0.05) is 158 Å². The highest BCUT2D eigenvalue weighted by Crippen LogP contribution is 2.44. The lowest BCUT2D eigenvalue weighted by Gasteiger charge is -2.28. The van der Waals surface area contributed by atoms with Gasteiger partial charge in [0.25, 0.3) is 0 Å². The van der Waals surface area contributed by atoms with Crippen molar-refractivity contribution in [3.05, 3.63) is 200 Å². The summed E-state index contributed by atoms with van der Waals surface area (Å²) in [5.41, 5.74) is 12.0. The SMILES string of the molecule is c1ccc(-c2cccc(N(c3ccc(-c4ccc(-c5ccccc5)c5oc6ccccc6c45)cc3)c3cccc4c3ccc3ccccc34)c2)cc1. The van der Waals surface area contributed by atoms with Crippen molar-refractivity contribution in [2.75, 3.05) is 4.90 Å². The van der Waals surface area contributed by atoms with Crippen molar-refractivity contribution in [1.29, 1.82) is 0 Å². The van der Waals surface area contributed by atoms with Crippen LogP contribution in [0.5, 0.6) is 0 Å². The van der Waals surface area contributed by atoms with Crippen LogP contribution in [0, 0.1) is 0 Å². The zero-order valence-corrected chi connectivity index (χ0v) is 28.4. The molecule has 0 spiro atoms. The van der Waals surface area contributed by atoms with Crippen LogP contribution < -0.4 is 4.90 Å². The van der Waals surface area contributed by atoms with Crippen molar-refractivity contribution < 1.29 is 4.42 Å². The standard InChI is InChI=1S/C50H33NO/c1-3-13-34(14-4-1)38-18-11-19-40(33-38)51(47-23-12-22-44-41-20-8-7-17-36(41)27-30-45(44)47)39-28-25-37(26-29-39)42-31-32-43(35-15-5-2-6-16-35)50-49(42)46-21-9-10-24-48(46)52-50/h1-33H. The van der Waals surface area contributed by atoms with Crippen LogP contribution >= 0.6 is 0 Å². The molecule has 0 bridgehead atoms. The number of para-hydroxylation sites is 1. The zero-order valence-electron chi connectivity index (χ0n) is 28.4. The summed E-state index contributed by atoms with van der Waals surface area (Å²) in [6, 6.07) is 71.6. The molecule has 0 unspecified atom stereocenters. The maximum absolute atomic E-state index is 6.59. The van der Waals surface area contributed by atoms with Gasteiger partial charge in [-0.05, 0) is 86.4 Å². The second-order valence-electron chi connectivity index (χ2n) is 13.3. The van der Waals surface area contributed by atoms with E-state index in [4.69, 9.17) is 4.42 Å². The molecule has 0 radical (unpaired) electrons. The summed E-state index contributed by atoms with van der Waals surface area (Å²) in [7, 11) is 0. The minimum Gasteiger partial charge on any atom is -0.455 e. The molecule has 9 aromatic carbocycles. The van der Waals surface area contributed by atoms with Crippen LogP contribution in [0.3, 0.4) is 0 Å². The Morgan fingerprint density at radius 3 is 1.81 bits per heavy atom. The van der Waals surface area contributed by atoms with Gasteiger partial charge in [-0.2, -0.15) is 0 Å². The van der Waals surface area contributed by atoms with E-state index >= 15 is 0 Å². The molecule has 0 saturated carbocycles. The first-order chi connectivity index (χ1) is 25.8. The summed E-state index contributed by atoms with van der Waals surface area (Å²) in [5.74, 6) is 0. The first kappa shape index (κ1) is 30.0. The molecule has 52 heavy (non-hydrogen) atoms. The molecule has 0 aliphatic carbocycles. The normalized spacial score (nSPS) is 11.5. The topological polar surface area (TPSA) is 16.4 Å². The van der Waals surface area contributed by atoms with E-state index in [2.05, 4.69) is 199 Å². The van der Waals surface area contributed by atoms with Crippen molar-refractivity contribution in [2.45, 2.75) is 0 Å². The number of furan rings is 1. The minimum atomic E-state index is 0.895. The molecule has 0 N–H and O–H groups in total. The van der Waals surface area contributed by atoms with Crippen LogP contribution in [-0.4, -0.2) is 0 Å². The lowest BCUT2D eigenvalue weighted by atomic mass is 9.94. The molecule has 0 atom stereocenters. The average Bonchev–Trinajstić information content (AvgIpc) is 3.62. The third-order valence-electron chi connectivity index (χ3n) is 10.3. The van der Waals surface area contributed by atoms with Gasteiger partial charge in [0.1, 0.15) is 11.2 Å². The van der Waals surface area contributed by atoms with E-state index in [1.807, 2.05) is 6.07 Å². The first-order valence-corrected chi connectivity index (χ1v) is 17.8. The van der Waals surface area contributed by atoms with Crippen LogP contribution in [0.15, 0.2) is 205 Å². The Kier molecular flexibility index (Phi) is 7.18. The van der Waals surface area contributed by atoms with Gasteiger partial charge in [-0.3, -0.25) is 0 Å². The molecule has 0 fully saturated rings. The molecule has 2 heteroatoms. The van der Waals surface area contributed by atoms with E-state index in [1.54, 1.807) is 0 Å². The van der Waals surface area contributed by atoms with E-state index in [9.17, 15) is 0 Å². The lowest BCUT2D eigenvalue weighted by molar-refractivity contribution is 0.670. The summed E-state index contributed by atoms with van der Waals surface area (Å²) < 4.78 is 6.59. The zero-order chi connectivity index (χ0) is 34.4. The van der Waals surface area contributed by atoms with Crippen molar-refractivity contribution in [2.24, 2.45) is 0 Å². The fraction of sp³-hybridized carbons (Fsp3) is 0. The molecule has 10 aromatic rings. The number of hydrogen-bond acceptors (Lipinski definition) is 2. The smallest absolute Gasteiger partial charge is 0.143 e. The van der Waals surface area contributed by atoms with Crippen LogP contribution in [-0.2, 0) is 0 Å². The van der Waals surface area contributed by atoms with Crippen molar-refractivity contribution >= 4 is 60.5 Å². The number of nitrogens with zero attached hydrogens (tertiary/aromatic N) is 1. The van der Waals surface area contributed by atoms with Crippen molar-refractivity contribution in [3.8, 4) is 33.4 Å². The van der Waals surface area contributed by atoms with Gasteiger partial charge in [-0.15, -0.1) is 0 Å². The quantitative estimate of drug-likeness (QED) is 0.165. The van der Waals surface area contributed by atoms with Crippen LogP contribution in [0.2, 0.25) is 0 Å². The summed E-state index contributed by atoms with van der Waals surface area (Å²) in [5, 5.41) is 7.20. The van der Waals surface area contributed by atoms with Crippen molar-refractivity contribution in [3.63, 3.8) is 0 Å². The van der Waals surface area contributed by atoms with E-state index < -0.39 is 0 Å². The van der Waals surface area contributed by atoms with Crippen LogP contribution in [0.4, 0.5) is 17.1 Å². The molecule has 244 valence electrons. The highest BCUT2D eigenvalue weighted by atomic mass is 16.3. The van der Waals surface area contributed by atoms with E-state index in [-0.39, 0.29) is 0 Å². The third kappa shape index (κ3) is 5.04. The number of benzene rings is 9. The molecular weight excluding hydrogens is 631 g/mol. The molecule has 1 heterocycles. The Bertz CT molecular complexity index is 2890. The molecule has 0 saturated heterocycles. The molecule has 10 rings (SSSR count). The second-order valence-corrected chi connectivity index (χ2v) is 13.3. The monoisotopic (exact) mass is 663 g/mol. The van der Waals surface area contributed by atoms with Crippen LogP contribution in [0.1, 0.15) is 0 Å². The van der Waals surface area contributed by atoms with Gasteiger partial charge in [0.05, 0.1) is 5.69 Å². The van der Waals surface area contributed by atoms with E-state index in [0.717, 1.165) is 61.3 Å². The minimum absolute atomic E-state index is 0.895. The van der Waals surface area contributed by atoms with Gasteiger partial charge in [-0.25, -0.2) is 0 Å². The largest absolute Gasteiger partial charge is 0.455 e. The first-order valence-electron chi connectivity index (χ1n) is 17.8. The number of rotatable bonds is 6. The summed E-state index contributed by atoms with van der Waals surface area (Å²) in [4.78, 5) is 2.40. The molecule has 0 amide bonds. The van der Waals surface area contributed by atoms with Gasteiger partial charge < -0.3 is 9.32 Å². The predicted molar refractivity (Wildman–Crippen MR) is 220 cm³/mol. The van der Waals surface area contributed by atoms with Gasteiger partial charge in [0, 0.05) is 33.1 Å². The third-order valence-corrected chi connectivity index (χ3v) is 10.3. The van der Waals surface area contributed by atoms with Gasteiger partial charge in [0.2, 0.25) is 0 Å². The fourth-order valence-electron chi connectivity index (χ4n) is 7.81. The van der Waals surface area contributed by atoms with Gasteiger partial charge in [0.15, 0.2) is 0 Å². The Hall–Kier alpha value is -6.90. The summed E-state index contributed by atoms with van der Waals surface area (Å²) in [6.45, 7) is 0.